The number of ether oxygens (including phenoxy) is 4. The lowest BCUT2D eigenvalue weighted by Gasteiger charge is -2.17. The molecule has 24 heteroatoms. The fraction of sp³-hybridized carbons (Fsp3) is 0.804. The van der Waals surface area contributed by atoms with Crippen molar-refractivity contribution in [2.24, 2.45) is 11.8 Å². The summed E-state index contributed by atoms with van der Waals surface area (Å²) in [7, 11) is 0. The van der Waals surface area contributed by atoms with Crippen LogP contribution in [-0.2, 0) is 71.7 Å². The summed E-state index contributed by atoms with van der Waals surface area (Å²) in [6.45, 7) is 2.85. The summed E-state index contributed by atoms with van der Waals surface area (Å²) < 4.78 is 21.4. The maximum absolute atomic E-state index is 12.7. The quantitative estimate of drug-likeness (QED) is 0.0367. The van der Waals surface area contributed by atoms with E-state index in [0.717, 1.165) is 64.2 Å². The van der Waals surface area contributed by atoms with Crippen molar-refractivity contribution in [3.63, 3.8) is 0 Å². The van der Waals surface area contributed by atoms with Crippen LogP contribution in [0.5, 0.6) is 0 Å². The van der Waals surface area contributed by atoms with Gasteiger partial charge in [0.25, 0.3) is 0 Å². The highest BCUT2D eigenvalue weighted by molar-refractivity contribution is 5.87. The Balaban J connectivity index is 4.14. The Morgan fingerprint density at radius 1 is 0.388 bits per heavy atom. The minimum absolute atomic E-state index is 0.0705. The summed E-state index contributed by atoms with van der Waals surface area (Å²) in [5, 5.41) is 56.6. The van der Waals surface area contributed by atoms with Crippen molar-refractivity contribution in [2.45, 2.75) is 205 Å². The Kier molecular flexibility index (Phi) is 47.1. The molecule has 4 amide bonds. The lowest BCUT2D eigenvalue weighted by molar-refractivity contribution is -0.145. The number of amides is 4. The summed E-state index contributed by atoms with van der Waals surface area (Å²) in [6, 6.07) is -2.98. The number of rotatable bonds is 58. The number of hydrogen-bond acceptors (Lipinski definition) is 16. The third kappa shape index (κ3) is 45.3. The van der Waals surface area contributed by atoms with Gasteiger partial charge < -0.3 is 65.7 Å². The maximum atomic E-state index is 12.7. The second kappa shape index (κ2) is 50.5. The van der Waals surface area contributed by atoms with Crippen molar-refractivity contribution >= 4 is 64.9 Å². The molecule has 0 fully saturated rings. The number of carbonyl (C=O) groups is 11. The molecular formula is C56H96N4O20. The van der Waals surface area contributed by atoms with Crippen LogP contribution in [0, 0.1) is 11.8 Å². The molecule has 0 aliphatic rings. The van der Waals surface area contributed by atoms with Gasteiger partial charge in [-0.15, -0.1) is 0 Å². The second-order valence-corrected chi connectivity index (χ2v) is 20.1. The molecule has 0 aliphatic heterocycles. The molecule has 9 N–H and O–H groups in total. The molecular weight excluding hydrogens is 1050 g/mol. The number of unbranched alkanes of at least 4 members (excludes halogenated alkanes) is 14. The van der Waals surface area contributed by atoms with E-state index in [1.165, 1.54) is 25.7 Å². The fourth-order valence-electron chi connectivity index (χ4n) is 8.44. The van der Waals surface area contributed by atoms with E-state index in [2.05, 4.69) is 21.3 Å². The number of nitrogens with one attached hydrogen (secondary N) is 4. The van der Waals surface area contributed by atoms with Crippen LogP contribution in [0.1, 0.15) is 193 Å². The van der Waals surface area contributed by atoms with Crippen molar-refractivity contribution in [1.82, 2.24) is 21.3 Å². The third-order valence-corrected chi connectivity index (χ3v) is 13.2. The molecule has 4 atom stereocenters. The van der Waals surface area contributed by atoms with Crippen molar-refractivity contribution in [3.05, 3.63) is 0 Å². The van der Waals surface area contributed by atoms with E-state index < -0.39 is 73.1 Å². The second-order valence-electron chi connectivity index (χ2n) is 20.1. The van der Waals surface area contributed by atoms with Gasteiger partial charge in [-0.05, 0) is 57.8 Å². The minimum atomic E-state index is -1.54. The Hall–Kier alpha value is -5.43. The number of aliphatic hydroxyl groups excluding tert-OH is 1. The van der Waals surface area contributed by atoms with E-state index in [9.17, 15) is 68.1 Å². The number of carboxylic acids is 4. The van der Waals surface area contributed by atoms with Crippen LogP contribution in [0.2, 0.25) is 0 Å². The Bertz CT molecular complexity index is 1800. The van der Waals surface area contributed by atoms with Crippen LogP contribution >= 0.6 is 0 Å². The standard InChI is InChI=1S/C56H96N4O20/c1-2-42(48(64)39-61)20-17-18-30-57-51(67)40-80-37-35-78-33-31-58-52(68)41-79-36-34-77-32-19-22-44(62)25-26-46(55(73)74)59-50(66)29-27-47(56(75)76)60-49(65)28-24-43(54(71)72)38-45(63)21-15-13-11-9-7-5-3-4-6-8-10-12-14-16-23-53(69)70/h42-43,46-47,61H,2-41H2,1H3,(H,57,67)(H,58,68)(H,59,66)(H,60,65)(H,69,70)(H,71,72)(H,73,74)(H,75,76)/t42-,43+,46-,47-/m0/s1. The van der Waals surface area contributed by atoms with Gasteiger partial charge in [-0.2, -0.15) is 0 Å². The predicted molar refractivity (Wildman–Crippen MR) is 292 cm³/mol. The lowest BCUT2D eigenvalue weighted by atomic mass is 9.94. The number of carboxylic acid groups (broad SMARTS) is 4. The summed E-state index contributed by atoms with van der Waals surface area (Å²) in [4.78, 5) is 132. The molecule has 460 valence electrons. The van der Waals surface area contributed by atoms with Gasteiger partial charge in [0.1, 0.15) is 43.5 Å². The molecule has 0 aliphatic carbocycles. The zero-order valence-electron chi connectivity index (χ0n) is 47.5. The number of hydrogen-bond donors (Lipinski definition) is 9. The Morgan fingerprint density at radius 2 is 0.838 bits per heavy atom. The molecule has 0 saturated heterocycles. The van der Waals surface area contributed by atoms with Gasteiger partial charge >= 0.3 is 23.9 Å². The summed E-state index contributed by atoms with van der Waals surface area (Å²) >= 11 is 0. The van der Waals surface area contributed by atoms with Gasteiger partial charge in [0.15, 0.2) is 5.78 Å². The normalized spacial score (nSPS) is 12.6. The maximum Gasteiger partial charge on any atom is 0.326 e. The van der Waals surface area contributed by atoms with Crippen molar-refractivity contribution in [1.29, 1.82) is 0 Å². The van der Waals surface area contributed by atoms with Gasteiger partial charge in [-0.3, -0.25) is 43.2 Å². The average Bonchev–Trinajstić information content (AvgIpc) is 3.41. The summed E-state index contributed by atoms with van der Waals surface area (Å²) in [5.74, 6) is -9.06. The number of aliphatic carboxylic acids is 4. The van der Waals surface area contributed by atoms with Crippen LogP contribution in [0.15, 0.2) is 0 Å². The van der Waals surface area contributed by atoms with Gasteiger partial charge in [-0.25, -0.2) is 9.59 Å². The molecule has 24 nitrogen and oxygen atoms in total. The number of aliphatic hydroxyl groups is 1. The minimum Gasteiger partial charge on any atom is -0.481 e. The van der Waals surface area contributed by atoms with Crippen LogP contribution in [0.4, 0.5) is 0 Å². The topological polar surface area (TPSA) is 374 Å². The molecule has 80 heavy (non-hydrogen) atoms. The fourth-order valence-corrected chi connectivity index (χ4v) is 8.44. The monoisotopic (exact) mass is 1140 g/mol. The zero-order valence-corrected chi connectivity index (χ0v) is 47.5. The van der Waals surface area contributed by atoms with Crippen LogP contribution in [0.25, 0.3) is 0 Å². The van der Waals surface area contributed by atoms with E-state index >= 15 is 0 Å². The first kappa shape index (κ1) is 74.6. The first-order valence-electron chi connectivity index (χ1n) is 28.9. The van der Waals surface area contributed by atoms with E-state index in [0.29, 0.717) is 38.6 Å². The largest absolute Gasteiger partial charge is 0.481 e. The molecule has 0 unspecified atom stereocenters. The predicted octanol–water partition coefficient (Wildman–Crippen LogP) is 4.86. The average molecular weight is 1150 g/mol. The van der Waals surface area contributed by atoms with Crippen molar-refractivity contribution in [3.8, 4) is 0 Å². The van der Waals surface area contributed by atoms with Gasteiger partial charge in [0.05, 0.1) is 39.0 Å². The SMILES string of the molecule is CC[C@@H](CCCCNC(=O)COCCOCCNC(=O)COCCOCCCC(=O)CC[C@H](NC(=O)CC[C@H](NC(=O)CC[C@H](CC(=O)CCCCCCCCCCCCCCCCC(=O)O)C(=O)O)C(=O)O)C(=O)O)C(=O)CO. The summed E-state index contributed by atoms with van der Waals surface area (Å²) in [6.07, 6.45) is 16.0. The lowest BCUT2D eigenvalue weighted by Crippen LogP contribution is -2.44. The molecule has 0 aromatic rings. The molecule has 0 heterocycles. The van der Waals surface area contributed by atoms with Crippen LogP contribution in [0.3, 0.4) is 0 Å². The highest BCUT2D eigenvalue weighted by Gasteiger charge is 2.27. The number of carbonyl (C=O) groups excluding carboxylic acids is 7. The van der Waals surface area contributed by atoms with Gasteiger partial charge in [0, 0.05) is 70.6 Å². The molecule has 0 aromatic heterocycles. The highest BCUT2D eigenvalue weighted by Crippen LogP contribution is 2.18. The van der Waals surface area contributed by atoms with E-state index in [4.69, 9.17) is 29.2 Å². The van der Waals surface area contributed by atoms with Crippen molar-refractivity contribution in [2.75, 3.05) is 72.6 Å². The van der Waals surface area contributed by atoms with Crippen LogP contribution in [-0.4, -0.2) is 175 Å². The molecule has 0 aromatic carbocycles. The van der Waals surface area contributed by atoms with Crippen LogP contribution < -0.4 is 21.3 Å². The zero-order chi connectivity index (χ0) is 59.6. The molecule has 0 bridgehead atoms. The molecule has 0 radical (unpaired) electrons. The first-order valence-corrected chi connectivity index (χ1v) is 28.9. The molecule has 0 rings (SSSR count). The molecule has 0 saturated carbocycles. The Morgan fingerprint density at radius 3 is 1.32 bits per heavy atom. The first-order chi connectivity index (χ1) is 38.4. The van der Waals surface area contributed by atoms with E-state index in [1.807, 2.05) is 6.92 Å². The highest BCUT2D eigenvalue weighted by atomic mass is 16.5. The number of Topliss-reactive ketones (excluding diaryl/α,β-unsaturated/α-hetero) is 3. The summed E-state index contributed by atoms with van der Waals surface area (Å²) in [5.41, 5.74) is 0. The van der Waals surface area contributed by atoms with Gasteiger partial charge in [-0.1, -0.05) is 90.4 Å². The van der Waals surface area contributed by atoms with Crippen molar-refractivity contribution < 1.29 is 97.2 Å². The smallest absolute Gasteiger partial charge is 0.326 e. The van der Waals surface area contributed by atoms with E-state index in [-0.39, 0.29) is 146 Å². The number of ketones is 3. The molecule has 0 spiro atoms. The Labute approximate surface area is 471 Å². The third-order valence-electron chi connectivity index (χ3n) is 13.2. The van der Waals surface area contributed by atoms with E-state index in [1.54, 1.807) is 0 Å². The van der Waals surface area contributed by atoms with Gasteiger partial charge in [0.2, 0.25) is 23.6 Å².